The van der Waals surface area contributed by atoms with Crippen LogP contribution in [-0.4, -0.2) is 34.6 Å². The zero-order valence-electron chi connectivity index (χ0n) is 21.1. The number of nitrogens with zero attached hydrogens (tertiary/aromatic N) is 2. The molecule has 0 bridgehead atoms. The van der Waals surface area contributed by atoms with Gasteiger partial charge < -0.3 is 10.1 Å². The Kier molecular flexibility index (Phi) is 7.11. The van der Waals surface area contributed by atoms with Crippen molar-refractivity contribution < 1.29 is 19.1 Å². The Morgan fingerprint density at radius 2 is 1.65 bits per heavy atom. The van der Waals surface area contributed by atoms with Gasteiger partial charge >= 0.3 is 4.87 Å². The molecule has 2 aliphatic rings. The van der Waals surface area contributed by atoms with Gasteiger partial charge in [0, 0.05) is 21.0 Å². The van der Waals surface area contributed by atoms with E-state index in [1.54, 1.807) is 55.6 Å². The predicted molar refractivity (Wildman–Crippen MR) is 158 cm³/mol. The van der Waals surface area contributed by atoms with Crippen molar-refractivity contribution in [2.75, 3.05) is 17.3 Å². The van der Waals surface area contributed by atoms with Crippen LogP contribution in [0.3, 0.4) is 0 Å². The van der Waals surface area contributed by atoms with Gasteiger partial charge in [-0.3, -0.25) is 23.7 Å². The fourth-order valence-corrected chi connectivity index (χ4v) is 8.17. The number of methoxy groups -OCH3 is 1. The number of imide groups is 1. The second kappa shape index (κ2) is 10.7. The van der Waals surface area contributed by atoms with Crippen LogP contribution < -0.4 is 19.8 Å². The first-order valence-corrected chi connectivity index (χ1v) is 14.9. The van der Waals surface area contributed by atoms with E-state index in [9.17, 15) is 19.2 Å². The summed E-state index contributed by atoms with van der Waals surface area (Å²) in [5.41, 5.74) is 1.90. The molecule has 202 valence electrons. The highest BCUT2D eigenvalue weighted by atomic mass is 79.9. The lowest BCUT2D eigenvalue weighted by atomic mass is 9.83. The number of para-hydroxylation sites is 1. The molecule has 2 aliphatic heterocycles. The van der Waals surface area contributed by atoms with Crippen LogP contribution in [0, 0.1) is 5.92 Å². The fourth-order valence-electron chi connectivity index (χ4n) is 5.14. The molecule has 2 unspecified atom stereocenters. The molecule has 0 radical (unpaired) electrons. The van der Waals surface area contributed by atoms with Gasteiger partial charge in [-0.2, -0.15) is 0 Å². The van der Waals surface area contributed by atoms with Gasteiger partial charge in [0.2, 0.25) is 17.7 Å². The molecule has 4 aromatic rings. The number of nitrogens with one attached hydrogen (secondary N) is 1. The van der Waals surface area contributed by atoms with Crippen molar-refractivity contribution in [3.05, 3.63) is 103 Å². The summed E-state index contributed by atoms with van der Waals surface area (Å²) in [5, 5.41) is 2.60. The number of rotatable bonds is 6. The smallest absolute Gasteiger partial charge is 0.308 e. The number of hydrogen-bond donors (Lipinski definition) is 1. The Morgan fingerprint density at radius 3 is 2.33 bits per heavy atom. The van der Waals surface area contributed by atoms with Gasteiger partial charge in [-0.1, -0.05) is 69.4 Å². The van der Waals surface area contributed by atoms with Crippen molar-refractivity contribution in [1.29, 1.82) is 0 Å². The summed E-state index contributed by atoms with van der Waals surface area (Å²) in [7, 11) is 1.57. The fraction of sp³-hybridized carbons (Fsp3) is 0.172. The minimum atomic E-state index is -0.756. The van der Waals surface area contributed by atoms with Crippen LogP contribution in [0.2, 0.25) is 0 Å². The van der Waals surface area contributed by atoms with Crippen molar-refractivity contribution in [3.8, 4) is 5.75 Å². The number of benzene rings is 3. The first kappa shape index (κ1) is 26.5. The molecule has 3 atom stereocenters. The highest BCUT2D eigenvalue weighted by Gasteiger charge is 2.56. The summed E-state index contributed by atoms with van der Waals surface area (Å²) < 4.78 is 7.56. The molecule has 1 saturated heterocycles. The summed E-state index contributed by atoms with van der Waals surface area (Å²) in [6.07, 6.45) is 0. The van der Waals surface area contributed by atoms with Crippen LogP contribution in [-0.2, 0) is 20.9 Å². The average Bonchev–Trinajstić information content (AvgIpc) is 3.40. The number of aromatic nitrogens is 1. The Balaban J connectivity index is 1.42. The Hall–Kier alpha value is -3.67. The first-order chi connectivity index (χ1) is 19.4. The minimum absolute atomic E-state index is 0.210. The number of anilines is 2. The van der Waals surface area contributed by atoms with E-state index >= 15 is 0 Å². The molecule has 0 saturated carbocycles. The predicted octanol–water partition coefficient (Wildman–Crippen LogP) is 5.12. The molecule has 3 amide bonds. The normalized spacial score (nSPS) is 19.8. The SMILES string of the molecule is COc1ccc([C@H]2c3sc(=O)n(CC(=O)Nc4ccccc4)c3SC3C(=O)N(c4ccc(Br)cc4)C(=O)C32)cc1. The van der Waals surface area contributed by atoms with Crippen LogP contribution in [0.1, 0.15) is 16.4 Å². The standard InChI is InChI=1S/C29H22BrN3O5S2/c1-38-20-13-7-16(8-14-20)22-23-24(27(36)33(26(23)35)19-11-9-17(30)10-12-19)39-28-25(22)40-29(37)32(28)15-21(34)31-18-5-3-2-4-6-18/h2-14,22-24H,15H2,1H3,(H,31,34)/t22-,23?,24?/m1/s1. The molecule has 6 rings (SSSR count). The Morgan fingerprint density at radius 1 is 0.950 bits per heavy atom. The zero-order chi connectivity index (χ0) is 28.0. The zero-order valence-corrected chi connectivity index (χ0v) is 24.3. The van der Waals surface area contributed by atoms with E-state index in [0.29, 0.717) is 27.0 Å². The quantitative estimate of drug-likeness (QED) is 0.296. The maximum atomic E-state index is 13.9. The minimum Gasteiger partial charge on any atom is -0.497 e. The Labute approximate surface area is 246 Å². The highest BCUT2D eigenvalue weighted by Crippen LogP contribution is 2.54. The van der Waals surface area contributed by atoms with Gasteiger partial charge in [0.15, 0.2) is 0 Å². The summed E-state index contributed by atoms with van der Waals surface area (Å²) in [4.78, 5) is 55.5. The number of thiazole rings is 1. The van der Waals surface area contributed by atoms with Gasteiger partial charge in [-0.25, -0.2) is 4.90 Å². The number of carbonyl (C=O) groups is 3. The maximum absolute atomic E-state index is 13.9. The molecule has 3 aromatic carbocycles. The van der Waals surface area contributed by atoms with E-state index in [1.165, 1.54) is 21.2 Å². The lowest BCUT2D eigenvalue weighted by Crippen LogP contribution is -2.33. The van der Waals surface area contributed by atoms with Crippen LogP contribution in [0.5, 0.6) is 5.75 Å². The number of ether oxygens (including phenoxy) is 1. The van der Waals surface area contributed by atoms with Gasteiger partial charge in [0.1, 0.15) is 17.5 Å². The number of hydrogen-bond acceptors (Lipinski definition) is 7. The molecular formula is C29H22BrN3O5S2. The van der Waals surface area contributed by atoms with E-state index in [0.717, 1.165) is 21.4 Å². The van der Waals surface area contributed by atoms with Crippen molar-refractivity contribution in [3.63, 3.8) is 0 Å². The van der Waals surface area contributed by atoms with Crippen molar-refractivity contribution in [1.82, 2.24) is 4.57 Å². The summed E-state index contributed by atoms with van der Waals surface area (Å²) in [6.45, 7) is -0.210. The topological polar surface area (TPSA) is 97.7 Å². The molecule has 1 fully saturated rings. The lowest BCUT2D eigenvalue weighted by molar-refractivity contribution is -0.122. The molecule has 0 aliphatic carbocycles. The van der Waals surface area contributed by atoms with Gasteiger partial charge in [0.25, 0.3) is 0 Å². The van der Waals surface area contributed by atoms with Crippen LogP contribution in [0.15, 0.2) is 93.2 Å². The highest BCUT2D eigenvalue weighted by molar-refractivity contribution is 9.10. The molecule has 1 aromatic heterocycles. The third-order valence-corrected chi connectivity index (χ3v) is 10.1. The second-order valence-corrected chi connectivity index (χ2v) is 12.4. The molecule has 8 nitrogen and oxygen atoms in total. The maximum Gasteiger partial charge on any atom is 0.308 e. The van der Waals surface area contributed by atoms with Crippen LogP contribution in [0.25, 0.3) is 0 Å². The van der Waals surface area contributed by atoms with Crippen molar-refractivity contribution in [2.45, 2.75) is 22.7 Å². The third kappa shape index (κ3) is 4.67. The number of carbonyl (C=O) groups excluding carboxylic acids is 3. The van der Waals surface area contributed by atoms with E-state index in [2.05, 4.69) is 21.2 Å². The number of fused-ring (bicyclic) bond motifs is 2. The summed E-state index contributed by atoms with van der Waals surface area (Å²) >= 11 is 5.61. The van der Waals surface area contributed by atoms with E-state index < -0.39 is 17.1 Å². The first-order valence-electron chi connectivity index (χ1n) is 12.4. The summed E-state index contributed by atoms with van der Waals surface area (Å²) in [5.74, 6) is -1.62. The average molecular weight is 637 g/mol. The van der Waals surface area contributed by atoms with E-state index in [4.69, 9.17) is 4.74 Å². The molecule has 3 heterocycles. The lowest BCUT2D eigenvalue weighted by Gasteiger charge is -2.30. The number of amides is 3. The molecular weight excluding hydrogens is 614 g/mol. The summed E-state index contributed by atoms with van der Waals surface area (Å²) in [6, 6.07) is 23.3. The van der Waals surface area contributed by atoms with Crippen molar-refractivity contribution in [2.24, 2.45) is 5.92 Å². The van der Waals surface area contributed by atoms with Crippen molar-refractivity contribution >= 4 is 68.1 Å². The van der Waals surface area contributed by atoms with Gasteiger partial charge in [-0.05, 0) is 54.1 Å². The van der Waals surface area contributed by atoms with E-state index in [1.807, 2.05) is 30.3 Å². The van der Waals surface area contributed by atoms with E-state index in [-0.39, 0.29) is 29.1 Å². The second-order valence-electron chi connectivity index (χ2n) is 9.34. The van der Waals surface area contributed by atoms with Crippen LogP contribution in [0.4, 0.5) is 11.4 Å². The van der Waals surface area contributed by atoms with Gasteiger partial charge in [-0.15, -0.1) is 0 Å². The molecule has 40 heavy (non-hydrogen) atoms. The molecule has 1 N–H and O–H groups in total. The largest absolute Gasteiger partial charge is 0.497 e. The van der Waals surface area contributed by atoms with Gasteiger partial charge in [0.05, 0.1) is 23.7 Å². The number of halogens is 1. The molecule has 0 spiro atoms. The Bertz CT molecular complexity index is 1670. The molecule has 11 heteroatoms. The van der Waals surface area contributed by atoms with Crippen LogP contribution >= 0.6 is 39.0 Å². The monoisotopic (exact) mass is 635 g/mol. The third-order valence-electron chi connectivity index (χ3n) is 6.97. The number of thioether (sulfide) groups is 1.